The molecule has 0 amide bonds. The zero-order valence-electron chi connectivity index (χ0n) is 9.01. The number of rotatable bonds is 4. The van der Waals surface area contributed by atoms with Crippen molar-refractivity contribution in [3.63, 3.8) is 0 Å². The van der Waals surface area contributed by atoms with Gasteiger partial charge in [-0.3, -0.25) is 4.79 Å². The number of thiophene rings is 1. The summed E-state index contributed by atoms with van der Waals surface area (Å²) in [5, 5.41) is 2.69. The van der Waals surface area contributed by atoms with Crippen LogP contribution < -0.4 is 0 Å². The van der Waals surface area contributed by atoms with E-state index in [4.69, 9.17) is 9.47 Å². The smallest absolute Gasteiger partial charge is 0.390 e. The number of hydrogen-bond donors (Lipinski definition) is 0. The Balaban J connectivity index is 2.09. The zero-order chi connectivity index (χ0) is 11.4. The Kier molecular flexibility index (Phi) is 3.56. The Morgan fingerprint density at radius 1 is 1.69 bits per heavy atom. The molecule has 1 unspecified atom stereocenters. The van der Waals surface area contributed by atoms with Gasteiger partial charge in [0.1, 0.15) is 5.00 Å². The van der Waals surface area contributed by atoms with Crippen LogP contribution >= 0.6 is 11.3 Å². The van der Waals surface area contributed by atoms with Crippen LogP contribution in [0.15, 0.2) is 16.4 Å². The first-order valence-corrected chi connectivity index (χ1v) is 6.14. The van der Waals surface area contributed by atoms with Crippen LogP contribution in [-0.4, -0.2) is 19.0 Å². The van der Waals surface area contributed by atoms with Gasteiger partial charge in [0.2, 0.25) is 0 Å². The first-order valence-electron chi connectivity index (χ1n) is 5.26. The Hall–Kier alpha value is -1.36. The van der Waals surface area contributed by atoms with Crippen molar-refractivity contribution in [2.75, 3.05) is 6.61 Å². The van der Waals surface area contributed by atoms with Gasteiger partial charge in [-0.25, -0.2) is 0 Å². The van der Waals surface area contributed by atoms with Crippen LogP contribution in [0.1, 0.15) is 31.4 Å². The first kappa shape index (κ1) is 11.1. The molecule has 0 aromatic carbocycles. The second-order valence-electron chi connectivity index (χ2n) is 3.44. The summed E-state index contributed by atoms with van der Waals surface area (Å²) in [6.45, 7) is 2.65. The fourth-order valence-corrected chi connectivity index (χ4v) is 2.16. The number of ether oxygens (including phenoxy) is 2. The van der Waals surface area contributed by atoms with E-state index >= 15 is 0 Å². The topological polar surface area (TPSA) is 47.9 Å². The number of fused-ring (bicyclic) bond motifs is 1. The summed E-state index contributed by atoms with van der Waals surface area (Å²) in [6, 6.07) is 1.85. The number of hydrogen-bond acceptors (Lipinski definition) is 5. The van der Waals surface area contributed by atoms with Gasteiger partial charge < -0.3 is 9.47 Å². The molecule has 0 fully saturated rings. The number of unbranched alkanes of at least 4 members (excludes halogenated alkanes) is 1. The lowest BCUT2D eigenvalue weighted by Gasteiger charge is -2.19. The van der Waals surface area contributed by atoms with Crippen molar-refractivity contribution < 1.29 is 14.3 Å². The predicted octanol–water partition coefficient (Wildman–Crippen LogP) is 2.82. The molecule has 5 heteroatoms. The average Bonchev–Trinajstić information content (AvgIpc) is 2.76. The summed E-state index contributed by atoms with van der Waals surface area (Å²) in [4.78, 5) is 15.1. The minimum absolute atomic E-state index is 0.209. The second kappa shape index (κ2) is 5.12. The minimum Gasteiger partial charge on any atom is -0.450 e. The highest BCUT2D eigenvalue weighted by Gasteiger charge is 2.25. The molecule has 2 rings (SSSR count). The standard InChI is InChI=1S/C11H13NO3S/c1-2-3-5-14-11-12-10-8(4-6-16-10)9(7-13)15-11/h4,6-7,9H,2-3,5H2,1H3. The van der Waals surface area contributed by atoms with Crippen LogP contribution in [0.3, 0.4) is 0 Å². The lowest BCUT2D eigenvalue weighted by atomic mass is 10.2. The highest BCUT2D eigenvalue weighted by atomic mass is 32.1. The predicted molar refractivity (Wildman–Crippen MR) is 62.2 cm³/mol. The van der Waals surface area contributed by atoms with Crippen LogP contribution in [0.25, 0.3) is 0 Å². The van der Waals surface area contributed by atoms with E-state index in [1.165, 1.54) is 11.3 Å². The van der Waals surface area contributed by atoms with Gasteiger partial charge >= 0.3 is 6.08 Å². The highest BCUT2D eigenvalue weighted by Crippen LogP contribution is 2.36. The van der Waals surface area contributed by atoms with E-state index in [1.54, 1.807) is 0 Å². The third kappa shape index (κ3) is 2.24. The lowest BCUT2D eigenvalue weighted by Crippen LogP contribution is -2.18. The van der Waals surface area contributed by atoms with Crippen LogP contribution in [0, 0.1) is 0 Å². The average molecular weight is 239 g/mol. The van der Waals surface area contributed by atoms with Crippen LogP contribution in [0.5, 0.6) is 0 Å². The Morgan fingerprint density at radius 2 is 2.56 bits per heavy atom. The highest BCUT2D eigenvalue weighted by molar-refractivity contribution is 7.14. The number of aliphatic imine (C=N–C) groups is 1. The fraction of sp³-hybridized carbons (Fsp3) is 0.455. The van der Waals surface area contributed by atoms with Crippen LogP contribution in [-0.2, 0) is 14.3 Å². The minimum atomic E-state index is -0.574. The van der Waals surface area contributed by atoms with E-state index in [9.17, 15) is 4.79 Å². The molecule has 16 heavy (non-hydrogen) atoms. The van der Waals surface area contributed by atoms with Crippen molar-refractivity contribution in [3.05, 3.63) is 17.0 Å². The van der Waals surface area contributed by atoms with Crippen LogP contribution in [0.2, 0.25) is 0 Å². The molecule has 0 saturated heterocycles. The van der Waals surface area contributed by atoms with E-state index in [0.717, 1.165) is 29.7 Å². The maximum absolute atomic E-state index is 10.9. The van der Waals surface area contributed by atoms with E-state index in [-0.39, 0.29) is 6.08 Å². The Bertz CT molecular complexity index is 400. The van der Waals surface area contributed by atoms with Gasteiger partial charge in [0.05, 0.1) is 6.61 Å². The largest absolute Gasteiger partial charge is 0.450 e. The molecule has 0 bridgehead atoms. The summed E-state index contributed by atoms with van der Waals surface area (Å²) < 4.78 is 10.7. The number of carbonyl (C=O) groups is 1. The molecule has 0 spiro atoms. The van der Waals surface area contributed by atoms with E-state index in [1.807, 2.05) is 11.4 Å². The number of carbonyl (C=O) groups excluding carboxylic acids is 1. The molecular formula is C11H13NO3S. The molecule has 4 nitrogen and oxygen atoms in total. The normalized spacial score (nSPS) is 18.3. The van der Waals surface area contributed by atoms with E-state index < -0.39 is 6.10 Å². The lowest BCUT2D eigenvalue weighted by molar-refractivity contribution is -0.115. The number of nitrogens with zero attached hydrogens (tertiary/aromatic N) is 1. The number of aldehydes is 1. The second-order valence-corrected chi connectivity index (χ2v) is 4.33. The third-order valence-electron chi connectivity index (χ3n) is 2.25. The van der Waals surface area contributed by atoms with E-state index in [0.29, 0.717) is 6.61 Å². The zero-order valence-corrected chi connectivity index (χ0v) is 9.83. The Morgan fingerprint density at radius 3 is 3.31 bits per heavy atom. The molecule has 1 aromatic rings. The Labute approximate surface area is 97.9 Å². The van der Waals surface area contributed by atoms with Crippen LogP contribution in [0.4, 0.5) is 5.00 Å². The SMILES string of the molecule is CCCCOC1=Nc2sccc2C(C=O)O1. The molecule has 1 aliphatic heterocycles. The summed E-state index contributed by atoms with van der Waals surface area (Å²) >= 11 is 1.48. The molecule has 0 aliphatic carbocycles. The van der Waals surface area contributed by atoms with Crippen molar-refractivity contribution in [2.24, 2.45) is 4.99 Å². The molecule has 1 atom stereocenters. The van der Waals surface area contributed by atoms with Gasteiger partial charge in [0.25, 0.3) is 0 Å². The van der Waals surface area contributed by atoms with Crippen molar-refractivity contribution >= 4 is 28.7 Å². The van der Waals surface area contributed by atoms with Gasteiger partial charge in [-0.1, -0.05) is 13.3 Å². The van der Waals surface area contributed by atoms with Gasteiger partial charge in [0, 0.05) is 5.56 Å². The first-order chi connectivity index (χ1) is 7.85. The monoisotopic (exact) mass is 239 g/mol. The van der Waals surface area contributed by atoms with Gasteiger partial charge in [-0.05, 0) is 17.9 Å². The summed E-state index contributed by atoms with van der Waals surface area (Å²) in [7, 11) is 0. The summed E-state index contributed by atoms with van der Waals surface area (Å²) in [5.41, 5.74) is 0.822. The van der Waals surface area contributed by atoms with Crippen molar-refractivity contribution in [3.8, 4) is 0 Å². The molecule has 0 saturated carbocycles. The summed E-state index contributed by atoms with van der Waals surface area (Å²) in [5.74, 6) is 0. The maximum Gasteiger partial charge on any atom is 0.390 e. The maximum atomic E-state index is 10.9. The quantitative estimate of drug-likeness (QED) is 0.599. The van der Waals surface area contributed by atoms with Crippen molar-refractivity contribution in [1.82, 2.24) is 0 Å². The van der Waals surface area contributed by atoms with Gasteiger partial charge in [-0.15, -0.1) is 11.3 Å². The molecule has 0 radical (unpaired) electrons. The molecule has 0 N–H and O–H groups in total. The van der Waals surface area contributed by atoms with Crippen molar-refractivity contribution in [2.45, 2.75) is 25.9 Å². The van der Waals surface area contributed by atoms with Crippen molar-refractivity contribution in [1.29, 1.82) is 0 Å². The summed E-state index contributed by atoms with van der Waals surface area (Å²) in [6.07, 6.45) is 2.40. The van der Waals surface area contributed by atoms with Gasteiger partial charge in [-0.2, -0.15) is 4.99 Å². The molecular weight excluding hydrogens is 226 g/mol. The molecule has 1 aromatic heterocycles. The molecule has 1 aliphatic rings. The fourth-order valence-electron chi connectivity index (χ4n) is 1.37. The van der Waals surface area contributed by atoms with E-state index in [2.05, 4.69) is 11.9 Å². The van der Waals surface area contributed by atoms with Gasteiger partial charge in [0.15, 0.2) is 12.4 Å². The molecule has 86 valence electrons. The molecule has 2 heterocycles. The third-order valence-corrected chi connectivity index (χ3v) is 3.07.